The fourth-order valence-corrected chi connectivity index (χ4v) is 1.88. The molecule has 2 nitrogen and oxygen atoms in total. The van der Waals surface area contributed by atoms with Gasteiger partial charge in [-0.3, -0.25) is 0 Å². The molecule has 1 atom stereocenters. The fourth-order valence-electron chi connectivity index (χ4n) is 1.88. The zero-order chi connectivity index (χ0) is 12.7. The van der Waals surface area contributed by atoms with Gasteiger partial charge in [0, 0.05) is 32.2 Å². The summed E-state index contributed by atoms with van der Waals surface area (Å²) in [6.07, 6.45) is 7.14. The van der Waals surface area contributed by atoms with Crippen molar-refractivity contribution in [2.45, 2.75) is 25.8 Å². The molecule has 0 bridgehead atoms. The van der Waals surface area contributed by atoms with E-state index < -0.39 is 0 Å². The Hall–Kier alpha value is -1.46. The lowest BCUT2D eigenvalue weighted by Crippen LogP contribution is -2.21. The minimum absolute atomic E-state index is 0.357. The van der Waals surface area contributed by atoms with Crippen molar-refractivity contribution in [2.24, 2.45) is 0 Å². The van der Waals surface area contributed by atoms with E-state index in [1.807, 2.05) is 0 Å². The van der Waals surface area contributed by atoms with Gasteiger partial charge >= 0.3 is 0 Å². The normalized spacial score (nSPS) is 11.9. The van der Waals surface area contributed by atoms with Crippen molar-refractivity contribution in [1.29, 1.82) is 0 Å². The second-order valence-corrected chi connectivity index (χ2v) is 4.34. The largest absolute Gasteiger partial charge is 0.378 e. The molecule has 0 spiro atoms. The van der Waals surface area contributed by atoms with E-state index in [0.29, 0.717) is 6.04 Å². The predicted octanol–water partition coefficient (Wildman–Crippen LogP) is 2.82. The number of hydrogen-bond donors (Lipinski definition) is 1. The third kappa shape index (κ3) is 4.13. The zero-order valence-corrected chi connectivity index (χ0v) is 11.0. The molecule has 1 aromatic carbocycles. The Labute approximate surface area is 105 Å². The number of terminal acetylenes is 1. The first-order valence-corrected chi connectivity index (χ1v) is 6.13. The number of rotatable bonds is 6. The van der Waals surface area contributed by atoms with Crippen LogP contribution in [0.2, 0.25) is 0 Å². The summed E-state index contributed by atoms with van der Waals surface area (Å²) in [6, 6.07) is 8.97. The summed E-state index contributed by atoms with van der Waals surface area (Å²) in [4.78, 5) is 2.12. The SMILES string of the molecule is C#CCCC(NCC)c1cccc(N(C)C)c1. The molecule has 0 saturated heterocycles. The molecule has 17 heavy (non-hydrogen) atoms. The summed E-state index contributed by atoms with van der Waals surface area (Å²) in [5.41, 5.74) is 2.54. The lowest BCUT2D eigenvalue weighted by atomic mass is 10.0. The molecule has 0 aromatic heterocycles. The van der Waals surface area contributed by atoms with Crippen molar-refractivity contribution in [1.82, 2.24) is 5.32 Å². The van der Waals surface area contributed by atoms with Crippen LogP contribution in [0.3, 0.4) is 0 Å². The van der Waals surface area contributed by atoms with Crippen LogP contribution in [0, 0.1) is 12.3 Å². The van der Waals surface area contributed by atoms with Crippen molar-refractivity contribution in [3.63, 3.8) is 0 Å². The average Bonchev–Trinajstić information content (AvgIpc) is 2.34. The number of nitrogens with one attached hydrogen (secondary N) is 1. The van der Waals surface area contributed by atoms with E-state index in [2.05, 4.69) is 61.4 Å². The van der Waals surface area contributed by atoms with Crippen LogP contribution in [0.15, 0.2) is 24.3 Å². The van der Waals surface area contributed by atoms with E-state index in [1.165, 1.54) is 11.3 Å². The molecule has 0 heterocycles. The second kappa shape index (κ2) is 6.98. The highest BCUT2D eigenvalue weighted by atomic mass is 15.1. The summed E-state index contributed by atoms with van der Waals surface area (Å²) in [5.74, 6) is 2.71. The number of hydrogen-bond acceptors (Lipinski definition) is 2. The molecule has 1 rings (SSSR count). The molecule has 0 fully saturated rings. The van der Waals surface area contributed by atoms with Gasteiger partial charge in [0.1, 0.15) is 0 Å². The van der Waals surface area contributed by atoms with E-state index in [0.717, 1.165) is 19.4 Å². The molecule has 1 unspecified atom stereocenters. The Morgan fingerprint density at radius 3 is 2.76 bits per heavy atom. The number of anilines is 1. The smallest absolute Gasteiger partial charge is 0.0364 e. The zero-order valence-electron chi connectivity index (χ0n) is 11.0. The Morgan fingerprint density at radius 2 is 2.18 bits per heavy atom. The van der Waals surface area contributed by atoms with Gasteiger partial charge in [-0.1, -0.05) is 19.1 Å². The first-order valence-electron chi connectivity index (χ1n) is 6.13. The fraction of sp³-hybridized carbons (Fsp3) is 0.467. The molecule has 1 aromatic rings. The molecular weight excluding hydrogens is 208 g/mol. The van der Waals surface area contributed by atoms with E-state index in [-0.39, 0.29) is 0 Å². The van der Waals surface area contributed by atoms with Gasteiger partial charge < -0.3 is 10.2 Å². The predicted molar refractivity (Wildman–Crippen MR) is 75.3 cm³/mol. The van der Waals surface area contributed by atoms with Gasteiger partial charge in [0.25, 0.3) is 0 Å². The average molecular weight is 230 g/mol. The number of benzene rings is 1. The van der Waals surface area contributed by atoms with Gasteiger partial charge in [-0.15, -0.1) is 12.3 Å². The molecule has 0 radical (unpaired) electrons. The molecular formula is C15H22N2. The Kier molecular flexibility index (Phi) is 5.59. The molecule has 92 valence electrons. The molecule has 1 N–H and O–H groups in total. The van der Waals surface area contributed by atoms with Crippen LogP contribution in [0.5, 0.6) is 0 Å². The topological polar surface area (TPSA) is 15.3 Å². The quantitative estimate of drug-likeness (QED) is 0.756. The van der Waals surface area contributed by atoms with E-state index in [4.69, 9.17) is 6.42 Å². The van der Waals surface area contributed by atoms with E-state index in [1.54, 1.807) is 0 Å². The van der Waals surface area contributed by atoms with Gasteiger partial charge in [-0.2, -0.15) is 0 Å². The van der Waals surface area contributed by atoms with Crippen molar-refractivity contribution < 1.29 is 0 Å². The highest BCUT2D eigenvalue weighted by Gasteiger charge is 2.10. The number of nitrogens with zero attached hydrogens (tertiary/aromatic N) is 1. The minimum atomic E-state index is 0.357. The van der Waals surface area contributed by atoms with Crippen molar-refractivity contribution in [2.75, 3.05) is 25.5 Å². The van der Waals surface area contributed by atoms with Crippen LogP contribution >= 0.6 is 0 Å². The maximum atomic E-state index is 5.34. The highest BCUT2D eigenvalue weighted by Crippen LogP contribution is 2.22. The highest BCUT2D eigenvalue weighted by molar-refractivity contribution is 5.47. The van der Waals surface area contributed by atoms with Crippen molar-refractivity contribution in [3.05, 3.63) is 29.8 Å². The van der Waals surface area contributed by atoms with Crippen LogP contribution in [0.25, 0.3) is 0 Å². The first kappa shape index (κ1) is 13.6. The molecule has 0 aliphatic heterocycles. The molecule has 0 saturated carbocycles. The first-order chi connectivity index (χ1) is 8.19. The van der Waals surface area contributed by atoms with E-state index in [9.17, 15) is 0 Å². The van der Waals surface area contributed by atoms with E-state index >= 15 is 0 Å². The summed E-state index contributed by atoms with van der Waals surface area (Å²) < 4.78 is 0. The third-order valence-electron chi connectivity index (χ3n) is 2.82. The van der Waals surface area contributed by atoms with Crippen molar-refractivity contribution >= 4 is 5.69 Å². The van der Waals surface area contributed by atoms with Crippen LogP contribution in [-0.4, -0.2) is 20.6 Å². The lowest BCUT2D eigenvalue weighted by Gasteiger charge is -2.20. The van der Waals surface area contributed by atoms with Gasteiger partial charge in [0.15, 0.2) is 0 Å². The standard InChI is InChI=1S/C15H22N2/c1-5-7-11-15(16-6-2)13-9-8-10-14(12-13)17(3)4/h1,8-10,12,15-16H,6-7,11H2,2-4H3. The summed E-state index contributed by atoms with van der Waals surface area (Å²) in [7, 11) is 4.12. The summed E-state index contributed by atoms with van der Waals surface area (Å²) >= 11 is 0. The Balaban J connectivity index is 2.85. The molecule has 0 amide bonds. The minimum Gasteiger partial charge on any atom is -0.378 e. The van der Waals surface area contributed by atoms with Gasteiger partial charge in [0.05, 0.1) is 0 Å². The van der Waals surface area contributed by atoms with Gasteiger partial charge in [-0.25, -0.2) is 0 Å². The molecule has 2 heteroatoms. The maximum absolute atomic E-state index is 5.34. The monoisotopic (exact) mass is 230 g/mol. The maximum Gasteiger partial charge on any atom is 0.0364 e. The summed E-state index contributed by atoms with van der Waals surface area (Å²) in [6.45, 7) is 3.08. The lowest BCUT2D eigenvalue weighted by molar-refractivity contribution is 0.523. The van der Waals surface area contributed by atoms with Gasteiger partial charge in [-0.05, 0) is 30.7 Å². The Bertz CT molecular complexity index is 377. The van der Waals surface area contributed by atoms with Crippen LogP contribution < -0.4 is 10.2 Å². The Morgan fingerprint density at radius 1 is 1.41 bits per heavy atom. The summed E-state index contributed by atoms with van der Waals surface area (Å²) in [5, 5.41) is 3.49. The van der Waals surface area contributed by atoms with Crippen molar-refractivity contribution in [3.8, 4) is 12.3 Å². The van der Waals surface area contributed by atoms with Crippen LogP contribution in [-0.2, 0) is 0 Å². The second-order valence-electron chi connectivity index (χ2n) is 4.34. The van der Waals surface area contributed by atoms with Crippen LogP contribution in [0.4, 0.5) is 5.69 Å². The van der Waals surface area contributed by atoms with Crippen LogP contribution in [0.1, 0.15) is 31.4 Å². The molecule has 0 aliphatic carbocycles. The molecule has 0 aliphatic rings. The van der Waals surface area contributed by atoms with Gasteiger partial charge in [0.2, 0.25) is 0 Å². The third-order valence-corrected chi connectivity index (χ3v) is 2.82.